The molecule has 3 aromatic rings. The molecule has 0 saturated heterocycles. The summed E-state index contributed by atoms with van der Waals surface area (Å²) in [5.74, 6) is -0.351. The Bertz CT molecular complexity index is 943. The number of nitrogens with zero attached hydrogens (tertiary/aromatic N) is 1. The zero-order chi connectivity index (χ0) is 18.8. The number of rotatable bonds is 5. The molecule has 0 bridgehead atoms. The third kappa shape index (κ3) is 3.59. The first-order chi connectivity index (χ1) is 13.2. The van der Waals surface area contributed by atoms with Crippen molar-refractivity contribution in [2.24, 2.45) is 0 Å². The van der Waals surface area contributed by atoms with Crippen LogP contribution in [-0.2, 0) is 0 Å². The molecule has 0 aliphatic heterocycles. The predicted octanol–water partition coefficient (Wildman–Crippen LogP) is 6.15. The van der Waals surface area contributed by atoms with Gasteiger partial charge < -0.3 is 10.0 Å². The average molecular weight is 380 g/mol. The molecule has 1 N–H and O–H groups in total. The lowest BCUT2D eigenvalue weighted by atomic mass is 9.83. The molecule has 0 spiro atoms. The molecular formula is C23H25NO2S. The van der Waals surface area contributed by atoms with Crippen LogP contribution in [0.15, 0.2) is 54.6 Å². The van der Waals surface area contributed by atoms with E-state index in [1.165, 1.54) is 45.5 Å². The van der Waals surface area contributed by atoms with Crippen LogP contribution in [0.3, 0.4) is 0 Å². The molecule has 4 heteroatoms. The van der Waals surface area contributed by atoms with Crippen LogP contribution in [0.25, 0.3) is 10.8 Å². The summed E-state index contributed by atoms with van der Waals surface area (Å²) in [4.78, 5) is 15.5. The van der Waals surface area contributed by atoms with Crippen molar-refractivity contribution >= 4 is 33.8 Å². The van der Waals surface area contributed by atoms with Gasteiger partial charge in [0.05, 0.1) is 0 Å². The van der Waals surface area contributed by atoms with Crippen molar-refractivity contribution in [2.45, 2.75) is 44.6 Å². The van der Waals surface area contributed by atoms with Gasteiger partial charge in [-0.25, -0.2) is 4.79 Å². The van der Waals surface area contributed by atoms with Gasteiger partial charge >= 0.3 is 5.97 Å². The second-order valence-electron chi connectivity index (χ2n) is 7.31. The zero-order valence-electron chi connectivity index (χ0n) is 15.6. The number of hydrogen-bond donors (Lipinski definition) is 1. The topological polar surface area (TPSA) is 40.5 Å². The van der Waals surface area contributed by atoms with E-state index in [-0.39, 0.29) is 0 Å². The summed E-state index contributed by atoms with van der Waals surface area (Å²) in [6.45, 7) is 3.22. The predicted molar refractivity (Wildman–Crippen MR) is 113 cm³/mol. The van der Waals surface area contributed by atoms with E-state index >= 15 is 0 Å². The second kappa shape index (κ2) is 7.73. The number of thiophene rings is 1. The Kier molecular flexibility index (Phi) is 5.17. The van der Waals surface area contributed by atoms with Crippen molar-refractivity contribution in [1.82, 2.24) is 0 Å². The molecule has 1 aliphatic rings. The molecule has 140 valence electrons. The summed E-state index contributed by atoms with van der Waals surface area (Å²) in [5.41, 5.74) is 1.32. The summed E-state index contributed by atoms with van der Waals surface area (Å²) >= 11 is 1.45. The maximum atomic E-state index is 11.2. The van der Waals surface area contributed by atoms with Crippen LogP contribution in [0.1, 0.15) is 53.1 Å². The molecule has 2 atom stereocenters. The number of carboxylic acids is 1. The van der Waals surface area contributed by atoms with E-state index in [0.29, 0.717) is 16.8 Å². The molecule has 3 nitrogen and oxygen atoms in total. The summed E-state index contributed by atoms with van der Waals surface area (Å²) in [6.07, 6.45) is 4.64. The Morgan fingerprint density at radius 3 is 2.70 bits per heavy atom. The van der Waals surface area contributed by atoms with Crippen molar-refractivity contribution in [1.29, 1.82) is 0 Å². The first-order valence-electron chi connectivity index (χ1n) is 9.74. The number of benzene rings is 2. The van der Waals surface area contributed by atoms with Crippen molar-refractivity contribution in [3.05, 3.63) is 64.4 Å². The molecule has 1 fully saturated rings. The third-order valence-electron chi connectivity index (χ3n) is 5.74. The Labute approximate surface area is 164 Å². The highest BCUT2D eigenvalue weighted by molar-refractivity contribution is 7.14. The van der Waals surface area contributed by atoms with E-state index in [9.17, 15) is 9.90 Å². The van der Waals surface area contributed by atoms with Gasteiger partial charge in [0, 0.05) is 28.5 Å². The number of fused-ring (bicyclic) bond motifs is 1. The number of carboxylic acid groups (broad SMARTS) is 1. The van der Waals surface area contributed by atoms with E-state index < -0.39 is 5.97 Å². The molecule has 2 unspecified atom stereocenters. The molecule has 1 aromatic heterocycles. The highest BCUT2D eigenvalue weighted by Crippen LogP contribution is 2.40. The van der Waals surface area contributed by atoms with Crippen molar-refractivity contribution in [3.8, 4) is 0 Å². The van der Waals surface area contributed by atoms with Crippen LogP contribution in [0, 0.1) is 0 Å². The molecule has 0 radical (unpaired) electrons. The monoisotopic (exact) mass is 379 g/mol. The van der Waals surface area contributed by atoms with Gasteiger partial charge in [0.2, 0.25) is 0 Å². The first kappa shape index (κ1) is 18.1. The SMILES string of the molecule is CCN(c1cccc2ccccc12)C1CCCC(c2ccc(C(=O)O)s2)C1. The highest BCUT2D eigenvalue weighted by atomic mass is 32.1. The maximum Gasteiger partial charge on any atom is 0.345 e. The van der Waals surface area contributed by atoms with E-state index in [0.717, 1.165) is 19.4 Å². The Balaban J connectivity index is 1.61. The lowest BCUT2D eigenvalue weighted by Gasteiger charge is -2.39. The van der Waals surface area contributed by atoms with Crippen molar-refractivity contribution in [2.75, 3.05) is 11.4 Å². The Morgan fingerprint density at radius 2 is 1.93 bits per heavy atom. The normalized spacial score (nSPS) is 19.9. The van der Waals surface area contributed by atoms with Gasteiger partial charge in [0.15, 0.2) is 0 Å². The summed E-state index contributed by atoms with van der Waals surface area (Å²) in [6, 6.07) is 19.4. The molecule has 1 heterocycles. The fourth-order valence-electron chi connectivity index (χ4n) is 4.48. The highest BCUT2D eigenvalue weighted by Gasteiger charge is 2.29. The Hall–Kier alpha value is -2.33. The van der Waals surface area contributed by atoms with Crippen LogP contribution in [-0.4, -0.2) is 23.7 Å². The maximum absolute atomic E-state index is 11.2. The van der Waals surface area contributed by atoms with Crippen LogP contribution in [0.4, 0.5) is 5.69 Å². The van der Waals surface area contributed by atoms with E-state index in [2.05, 4.69) is 54.3 Å². The van der Waals surface area contributed by atoms with Gasteiger partial charge in [0.1, 0.15) is 4.88 Å². The number of aromatic carboxylic acids is 1. The van der Waals surface area contributed by atoms with Gasteiger partial charge in [-0.15, -0.1) is 11.3 Å². The fraction of sp³-hybridized carbons (Fsp3) is 0.348. The van der Waals surface area contributed by atoms with Crippen molar-refractivity contribution in [3.63, 3.8) is 0 Å². The lowest BCUT2D eigenvalue weighted by Crippen LogP contribution is -2.38. The molecule has 1 saturated carbocycles. The van der Waals surface area contributed by atoms with Crippen molar-refractivity contribution < 1.29 is 9.90 Å². The summed E-state index contributed by atoms with van der Waals surface area (Å²) in [5, 5.41) is 11.8. The van der Waals surface area contributed by atoms with Crippen LogP contribution >= 0.6 is 11.3 Å². The van der Waals surface area contributed by atoms with Gasteiger partial charge in [-0.05, 0) is 55.7 Å². The van der Waals surface area contributed by atoms with E-state index in [1.54, 1.807) is 6.07 Å². The fourth-order valence-corrected chi connectivity index (χ4v) is 5.47. The number of hydrogen-bond acceptors (Lipinski definition) is 3. The minimum atomic E-state index is -0.815. The molecule has 2 aromatic carbocycles. The Morgan fingerprint density at radius 1 is 1.11 bits per heavy atom. The second-order valence-corrected chi connectivity index (χ2v) is 8.42. The smallest absolute Gasteiger partial charge is 0.345 e. The van der Waals surface area contributed by atoms with E-state index in [4.69, 9.17) is 0 Å². The van der Waals surface area contributed by atoms with Gasteiger partial charge in [-0.1, -0.05) is 42.8 Å². The first-order valence-corrected chi connectivity index (χ1v) is 10.6. The third-order valence-corrected chi connectivity index (χ3v) is 6.98. The summed E-state index contributed by atoms with van der Waals surface area (Å²) < 4.78 is 0. The van der Waals surface area contributed by atoms with Gasteiger partial charge in [-0.2, -0.15) is 0 Å². The van der Waals surface area contributed by atoms with E-state index in [1.807, 2.05) is 6.07 Å². The molecular weight excluding hydrogens is 354 g/mol. The van der Waals surface area contributed by atoms with Crippen LogP contribution in [0.2, 0.25) is 0 Å². The molecule has 27 heavy (non-hydrogen) atoms. The number of carbonyl (C=O) groups is 1. The molecule has 4 rings (SSSR count). The summed E-state index contributed by atoms with van der Waals surface area (Å²) in [7, 11) is 0. The molecule has 0 amide bonds. The zero-order valence-corrected chi connectivity index (χ0v) is 16.4. The molecule has 1 aliphatic carbocycles. The largest absolute Gasteiger partial charge is 0.477 e. The lowest BCUT2D eigenvalue weighted by molar-refractivity contribution is 0.0702. The minimum absolute atomic E-state index is 0.452. The number of anilines is 1. The standard InChI is InChI=1S/C23H25NO2S/c1-2-24(20-12-6-8-16-7-3-4-11-19(16)20)18-10-5-9-17(15-18)21-13-14-22(27-21)23(25)26/h3-4,6-8,11-14,17-18H,2,5,9-10,15H2,1H3,(H,25,26). The minimum Gasteiger partial charge on any atom is -0.477 e. The van der Waals surface area contributed by atoms with Crippen LogP contribution in [0.5, 0.6) is 0 Å². The van der Waals surface area contributed by atoms with Crippen LogP contribution < -0.4 is 4.90 Å². The van der Waals surface area contributed by atoms with Gasteiger partial charge in [-0.3, -0.25) is 0 Å². The quantitative estimate of drug-likeness (QED) is 0.578. The van der Waals surface area contributed by atoms with Gasteiger partial charge in [0.25, 0.3) is 0 Å². The average Bonchev–Trinajstić information content (AvgIpc) is 3.20.